The normalized spacial score (nSPS) is 16.9. The zero-order valence-electron chi connectivity index (χ0n) is 16.9. The summed E-state index contributed by atoms with van der Waals surface area (Å²) in [6.45, 7) is 0.441. The summed E-state index contributed by atoms with van der Waals surface area (Å²) in [6.07, 6.45) is 14.2. The first-order chi connectivity index (χ1) is 14.7. The van der Waals surface area contributed by atoms with Crippen LogP contribution in [0.1, 0.15) is 67.2 Å². The Morgan fingerprint density at radius 3 is 2.87 bits per heavy atom. The van der Waals surface area contributed by atoms with E-state index in [9.17, 15) is 9.59 Å². The zero-order valence-corrected chi connectivity index (χ0v) is 16.9. The number of fused-ring (bicyclic) bond motifs is 3. The molecule has 0 unspecified atom stereocenters. The van der Waals surface area contributed by atoms with E-state index in [1.807, 2.05) is 22.6 Å². The molecule has 7 heteroatoms. The van der Waals surface area contributed by atoms with Crippen LogP contribution in [0.2, 0.25) is 0 Å². The fraction of sp³-hybridized carbons (Fsp3) is 0.391. The lowest BCUT2D eigenvalue weighted by atomic mass is 9.88. The van der Waals surface area contributed by atoms with Gasteiger partial charge in [0.05, 0.1) is 11.9 Å². The highest BCUT2D eigenvalue weighted by Gasteiger charge is 2.25. The van der Waals surface area contributed by atoms with Gasteiger partial charge < -0.3 is 10.3 Å². The molecule has 7 nitrogen and oxygen atoms in total. The molecule has 3 heterocycles. The molecular weight excluding hydrogens is 378 g/mol. The fourth-order valence-electron chi connectivity index (χ4n) is 4.65. The topological polar surface area (TPSA) is 92.1 Å². The maximum absolute atomic E-state index is 12.8. The predicted octanol–water partition coefficient (Wildman–Crippen LogP) is 3.11. The molecule has 3 aromatic heterocycles. The molecule has 2 aliphatic carbocycles. The van der Waals surface area contributed by atoms with E-state index in [1.165, 1.54) is 19.3 Å². The van der Waals surface area contributed by atoms with Crippen LogP contribution in [-0.2, 0) is 17.8 Å². The number of rotatable bonds is 4. The largest absolute Gasteiger partial charge is 0.348 e. The summed E-state index contributed by atoms with van der Waals surface area (Å²) in [5.74, 6) is 1.24. The van der Waals surface area contributed by atoms with Gasteiger partial charge in [0.2, 0.25) is 5.91 Å². The molecule has 0 atom stereocenters. The Labute approximate surface area is 174 Å². The fourth-order valence-corrected chi connectivity index (χ4v) is 4.65. The minimum atomic E-state index is -0.110. The van der Waals surface area contributed by atoms with Crippen molar-refractivity contribution in [3.63, 3.8) is 0 Å². The Morgan fingerprint density at radius 1 is 1.20 bits per heavy atom. The first-order valence-electron chi connectivity index (χ1n) is 10.7. The van der Waals surface area contributed by atoms with Crippen molar-refractivity contribution in [1.82, 2.24) is 24.7 Å². The van der Waals surface area contributed by atoms with Gasteiger partial charge in [0.15, 0.2) is 0 Å². The molecule has 2 aliphatic rings. The van der Waals surface area contributed by atoms with Gasteiger partial charge in [0.25, 0.3) is 5.56 Å². The highest BCUT2D eigenvalue weighted by molar-refractivity contribution is 5.98. The zero-order chi connectivity index (χ0) is 20.5. The molecule has 0 aromatic carbocycles. The van der Waals surface area contributed by atoms with E-state index >= 15 is 0 Å². The summed E-state index contributed by atoms with van der Waals surface area (Å²) in [6, 6.07) is 3.80. The highest BCUT2D eigenvalue weighted by atomic mass is 16.1. The predicted molar refractivity (Wildman–Crippen MR) is 114 cm³/mol. The summed E-state index contributed by atoms with van der Waals surface area (Å²) in [4.78, 5) is 37.1. The number of nitrogens with one attached hydrogen (secondary N) is 2. The van der Waals surface area contributed by atoms with Crippen LogP contribution in [0.25, 0.3) is 11.6 Å². The molecule has 0 spiro atoms. The number of carbonyl (C=O) groups excluding carboxylic acids is 1. The smallest absolute Gasteiger partial charge is 0.274 e. The highest BCUT2D eigenvalue weighted by Crippen LogP contribution is 2.33. The molecule has 0 bridgehead atoms. The van der Waals surface area contributed by atoms with E-state index in [0.717, 1.165) is 41.2 Å². The van der Waals surface area contributed by atoms with Crippen LogP contribution in [0.15, 0.2) is 41.1 Å². The average molecular weight is 403 g/mol. The average Bonchev–Trinajstić information content (AvgIpc) is 3.25. The van der Waals surface area contributed by atoms with Crippen LogP contribution in [0.4, 0.5) is 0 Å². The van der Waals surface area contributed by atoms with Gasteiger partial charge in [0, 0.05) is 36.1 Å². The second-order valence-electron chi connectivity index (χ2n) is 8.20. The summed E-state index contributed by atoms with van der Waals surface area (Å²) in [7, 11) is 0. The van der Waals surface area contributed by atoms with Crippen molar-refractivity contribution >= 4 is 17.5 Å². The number of hydrogen-bond donors (Lipinski definition) is 2. The number of nitrogens with zero attached hydrogens (tertiary/aromatic N) is 3. The summed E-state index contributed by atoms with van der Waals surface area (Å²) in [5.41, 5.74) is 3.90. The molecule has 0 radical (unpaired) electrons. The number of aromatic amines is 1. The van der Waals surface area contributed by atoms with Crippen molar-refractivity contribution in [3.05, 3.63) is 69.4 Å². The van der Waals surface area contributed by atoms with Crippen molar-refractivity contribution in [2.24, 2.45) is 0 Å². The first kappa shape index (κ1) is 18.8. The molecule has 1 saturated carbocycles. The summed E-state index contributed by atoms with van der Waals surface area (Å²) < 4.78 is 2.00. The molecule has 5 rings (SSSR count). The van der Waals surface area contributed by atoms with Crippen molar-refractivity contribution in [1.29, 1.82) is 0 Å². The number of aromatic nitrogens is 4. The van der Waals surface area contributed by atoms with Crippen molar-refractivity contribution < 1.29 is 4.79 Å². The van der Waals surface area contributed by atoms with E-state index < -0.39 is 0 Å². The molecule has 0 aliphatic heterocycles. The number of imidazole rings is 1. The quantitative estimate of drug-likeness (QED) is 0.700. The Kier molecular flexibility index (Phi) is 4.94. The van der Waals surface area contributed by atoms with Crippen molar-refractivity contribution in [2.75, 3.05) is 0 Å². The van der Waals surface area contributed by atoms with Gasteiger partial charge in [0.1, 0.15) is 11.3 Å². The number of H-pyrrole nitrogens is 1. The first-order valence-corrected chi connectivity index (χ1v) is 10.7. The monoisotopic (exact) mass is 403 g/mol. The van der Waals surface area contributed by atoms with Crippen LogP contribution >= 0.6 is 0 Å². The van der Waals surface area contributed by atoms with Gasteiger partial charge in [-0.3, -0.25) is 19.0 Å². The van der Waals surface area contributed by atoms with Crippen LogP contribution in [-0.4, -0.2) is 25.3 Å². The van der Waals surface area contributed by atoms with Crippen LogP contribution < -0.4 is 10.9 Å². The van der Waals surface area contributed by atoms with Gasteiger partial charge in [-0.2, -0.15) is 0 Å². The SMILES string of the molecule is O=C(NCc1cccnc1)C1=Cc2c([nH]c(=O)c3cnc(C4CCCCC4)n23)CC1. The minimum absolute atomic E-state index is 0.0804. The maximum atomic E-state index is 12.8. The minimum Gasteiger partial charge on any atom is -0.348 e. The van der Waals surface area contributed by atoms with E-state index in [4.69, 9.17) is 0 Å². The Hall–Kier alpha value is -3.22. The van der Waals surface area contributed by atoms with Crippen LogP contribution in [0.3, 0.4) is 0 Å². The van der Waals surface area contributed by atoms with Gasteiger partial charge in [-0.25, -0.2) is 4.98 Å². The second kappa shape index (κ2) is 7.89. The number of pyridine rings is 1. The van der Waals surface area contributed by atoms with E-state index in [1.54, 1.807) is 18.6 Å². The lowest BCUT2D eigenvalue weighted by Gasteiger charge is -2.23. The molecule has 0 saturated heterocycles. The van der Waals surface area contributed by atoms with E-state index in [-0.39, 0.29) is 11.5 Å². The number of aryl methyl sites for hydroxylation is 1. The molecule has 3 aromatic rings. The van der Waals surface area contributed by atoms with Crippen molar-refractivity contribution in [2.45, 2.75) is 57.4 Å². The third-order valence-electron chi connectivity index (χ3n) is 6.23. The molecule has 30 heavy (non-hydrogen) atoms. The second-order valence-corrected chi connectivity index (χ2v) is 8.20. The molecule has 154 valence electrons. The van der Waals surface area contributed by atoms with Crippen LogP contribution in [0.5, 0.6) is 0 Å². The molecule has 1 amide bonds. The Bertz CT molecular complexity index is 1170. The lowest BCUT2D eigenvalue weighted by molar-refractivity contribution is -0.117. The third-order valence-corrected chi connectivity index (χ3v) is 6.23. The lowest BCUT2D eigenvalue weighted by Crippen LogP contribution is -2.27. The van der Waals surface area contributed by atoms with Crippen LogP contribution in [0, 0.1) is 0 Å². The third kappa shape index (κ3) is 3.44. The maximum Gasteiger partial charge on any atom is 0.274 e. The Balaban J connectivity index is 1.49. The molecule has 2 N–H and O–H groups in total. The number of hydrogen-bond acceptors (Lipinski definition) is 4. The molecule has 1 fully saturated rings. The number of amides is 1. The molecular formula is C23H25N5O2. The number of carbonyl (C=O) groups is 1. The van der Waals surface area contributed by atoms with Gasteiger partial charge >= 0.3 is 0 Å². The summed E-state index contributed by atoms with van der Waals surface area (Å²) >= 11 is 0. The van der Waals surface area contributed by atoms with Gasteiger partial charge in [-0.05, 0) is 43.4 Å². The standard InChI is InChI=1S/C23H25N5O2/c29-22(26-13-15-5-4-10-24-12-15)17-8-9-18-19(11-17)28-20(23(30)27-18)14-25-21(28)16-6-2-1-3-7-16/h4-5,10-12,14,16H,1-3,6-9,13H2,(H,26,29)(H,27,30). The van der Waals surface area contributed by atoms with E-state index in [0.29, 0.717) is 30.8 Å². The van der Waals surface area contributed by atoms with Gasteiger partial charge in [-0.15, -0.1) is 0 Å². The van der Waals surface area contributed by atoms with E-state index in [2.05, 4.69) is 20.3 Å². The van der Waals surface area contributed by atoms with Crippen molar-refractivity contribution in [3.8, 4) is 0 Å². The summed E-state index contributed by atoms with van der Waals surface area (Å²) in [5, 5.41) is 2.99. The Morgan fingerprint density at radius 2 is 2.07 bits per heavy atom. The van der Waals surface area contributed by atoms with Gasteiger partial charge in [-0.1, -0.05) is 25.3 Å².